The van der Waals surface area contributed by atoms with E-state index in [1.54, 1.807) is 6.07 Å². The zero-order valence-corrected chi connectivity index (χ0v) is 12.8. The number of nitrogens with zero attached hydrogens (tertiary/aromatic N) is 1. The summed E-state index contributed by atoms with van der Waals surface area (Å²) in [7, 11) is -3.73. The fourth-order valence-corrected chi connectivity index (χ4v) is 3.78. The highest BCUT2D eigenvalue weighted by Gasteiger charge is 2.27. The summed E-state index contributed by atoms with van der Waals surface area (Å²) in [6.07, 6.45) is 0.894. The number of benzene rings is 1. The molecule has 0 saturated heterocycles. The molecule has 2 N–H and O–H groups in total. The molecule has 0 bridgehead atoms. The molecule has 0 aliphatic heterocycles. The quantitative estimate of drug-likeness (QED) is 0.675. The smallest absolute Gasteiger partial charge is 0.356 e. The first kappa shape index (κ1) is 15.9. The number of thiophene rings is 1. The second kappa shape index (κ2) is 5.75. The minimum absolute atomic E-state index is 0.264. The fourth-order valence-electron chi connectivity index (χ4n) is 1.61. The van der Waals surface area contributed by atoms with Gasteiger partial charge in [-0.1, -0.05) is 12.1 Å². The molecule has 0 saturated carbocycles. The second-order valence-corrected chi connectivity index (χ2v) is 7.44. The molecule has 1 heterocycles. The predicted octanol–water partition coefficient (Wildman–Crippen LogP) is 1.96. The lowest BCUT2D eigenvalue weighted by Crippen LogP contribution is -2.09. The minimum Gasteiger partial charge on any atom is -0.419 e. The van der Waals surface area contributed by atoms with Gasteiger partial charge in [-0.05, 0) is 12.1 Å². The summed E-state index contributed by atoms with van der Waals surface area (Å²) in [5.74, 6) is -2.10. The summed E-state index contributed by atoms with van der Waals surface area (Å²) in [6, 6.07) is 6.86. The van der Waals surface area contributed by atoms with E-state index in [1.807, 2.05) is 0 Å². The lowest BCUT2D eigenvalue weighted by molar-refractivity contribution is 0.0734. The molecular weight excluding hydrogens is 331 g/mol. The average Bonchev–Trinajstić information content (AvgIpc) is 2.78. The number of ether oxygens (including phenoxy) is 1. The highest BCUT2D eigenvalue weighted by Crippen LogP contribution is 2.34. The third-order valence-electron chi connectivity index (χ3n) is 2.59. The molecule has 2 rings (SSSR count). The normalized spacial score (nSPS) is 11.0. The first-order valence-corrected chi connectivity index (χ1v) is 8.45. The van der Waals surface area contributed by atoms with E-state index in [2.05, 4.69) is 0 Å². The van der Waals surface area contributed by atoms with Gasteiger partial charge in [0, 0.05) is 6.26 Å². The van der Waals surface area contributed by atoms with Crippen LogP contribution in [0.25, 0.3) is 0 Å². The van der Waals surface area contributed by atoms with Crippen LogP contribution in [0, 0.1) is 17.1 Å². The maximum absolute atomic E-state index is 13.5. The van der Waals surface area contributed by atoms with Crippen LogP contribution in [0.15, 0.2) is 28.5 Å². The molecule has 1 aromatic heterocycles. The SMILES string of the molecule is CS(=O)(=O)c1sc(C(=O)Oc2ccccc2F)c(N)c1C#N. The Bertz CT molecular complexity index is 897. The number of hydrogen-bond acceptors (Lipinski definition) is 7. The van der Waals surface area contributed by atoms with Crippen molar-refractivity contribution in [2.24, 2.45) is 0 Å². The molecule has 0 spiro atoms. The van der Waals surface area contributed by atoms with Crippen molar-refractivity contribution >= 4 is 32.8 Å². The van der Waals surface area contributed by atoms with Gasteiger partial charge in [0.15, 0.2) is 21.4 Å². The Balaban J connectivity index is 2.46. The van der Waals surface area contributed by atoms with Crippen molar-refractivity contribution < 1.29 is 22.3 Å². The van der Waals surface area contributed by atoms with Crippen LogP contribution in [0.2, 0.25) is 0 Å². The monoisotopic (exact) mass is 340 g/mol. The maximum atomic E-state index is 13.5. The number of nitrogen functional groups attached to an aromatic ring is 1. The van der Waals surface area contributed by atoms with Crippen LogP contribution in [-0.4, -0.2) is 20.6 Å². The Morgan fingerprint density at radius 3 is 2.55 bits per heavy atom. The van der Waals surface area contributed by atoms with E-state index in [9.17, 15) is 17.6 Å². The Hall–Kier alpha value is -2.44. The van der Waals surface area contributed by atoms with E-state index in [0.717, 1.165) is 12.3 Å². The number of carbonyl (C=O) groups excluding carboxylic acids is 1. The van der Waals surface area contributed by atoms with Gasteiger partial charge in [-0.15, -0.1) is 11.3 Å². The van der Waals surface area contributed by atoms with Crippen molar-refractivity contribution in [3.05, 3.63) is 40.5 Å². The molecular formula is C13H9FN2O4S2. The van der Waals surface area contributed by atoms with Gasteiger partial charge in [0.1, 0.15) is 20.7 Å². The standard InChI is InChI=1S/C13H9FN2O4S2/c1-22(18,19)13-7(6-15)10(16)11(21-13)12(17)20-9-5-3-2-4-8(9)14/h2-5H,16H2,1H3. The molecule has 0 atom stereocenters. The van der Waals surface area contributed by atoms with E-state index in [-0.39, 0.29) is 26.1 Å². The maximum Gasteiger partial charge on any atom is 0.356 e. The zero-order valence-electron chi connectivity index (χ0n) is 11.2. The first-order valence-electron chi connectivity index (χ1n) is 5.74. The van der Waals surface area contributed by atoms with Crippen LogP contribution < -0.4 is 10.5 Å². The van der Waals surface area contributed by atoms with Gasteiger partial charge < -0.3 is 10.5 Å². The van der Waals surface area contributed by atoms with Gasteiger partial charge in [-0.2, -0.15) is 5.26 Å². The molecule has 0 fully saturated rings. The Labute approximate surface area is 129 Å². The average molecular weight is 340 g/mol. The fraction of sp³-hybridized carbons (Fsp3) is 0.0769. The molecule has 114 valence electrons. The van der Waals surface area contributed by atoms with Crippen molar-refractivity contribution in [1.29, 1.82) is 5.26 Å². The number of sulfone groups is 1. The highest BCUT2D eigenvalue weighted by atomic mass is 32.2. The van der Waals surface area contributed by atoms with Gasteiger partial charge in [0.2, 0.25) is 0 Å². The van der Waals surface area contributed by atoms with E-state index >= 15 is 0 Å². The summed E-state index contributed by atoms with van der Waals surface area (Å²) < 4.78 is 41.2. The van der Waals surface area contributed by atoms with Crippen molar-refractivity contribution in [3.63, 3.8) is 0 Å². The van der Waals surface area contributed by atoms with Gasteiger partial charge in [0.25, 0.3) is 0 Å². The summed E-state index contributed by atoms with van der Waals surface area (Å²) in [5, 5.41) is 8.99. The van der Waals surface area contributed by atoms with E-state index in [1.165, 1.54) is 18.2 Å². The molecule has 0 unspecified atom stereocenters. The highest BCUT2D eigenvalue weighted by molar-refractivity contribution is 7.92. The van der Waals surface area contributed by atoms with Crippen LogP contribution in [-0.2, 0) is 9.84 Å². The molecule has 9 heteroatoms. The van der Waals surface area contributed by atoms with Crippen molar-refractivity contribution in [2.75, 3.05) is 12.0 Å². The van der Waals surface area contributed by atoms with Crippen LogP contribution in [0.1, 0.15) is 15.2 Å². The Kier molecular flexibility index (Phi) is 4.16. The zero-order chi connectivity index (χ0) is 16.5. The minimum atomic E-state index is -3.73. The number of nitriles is 1. The Morgan fingerprint density at radius 2 is 2.05 bits per heavy atom. The van der Waals surface area contributed by atoms with Crippen LogP contribution in [0.3, 0.4) is 0 Å². The summed E-state index contributed by atoms with van der Waals surface area (Å²) in [5.41, 5.74) is 5.02. The molecule has 22 heavy (non-hydrogen) atoms. The van der Waals surface area contributed by atoms with E-state index in [0.29, 0.717) is 11.3 Å². The summed E-state index contributed by atoms with van der Waals surface area (Å²) in [4.78, 5) is 11.8. The Morgan fingerprint density at radius 1 is 1.41 bits per heavy atom. The van der Waals surface area contributed by atoms with E-state index in [4.69, 9.17) is 15.7 Å². The molecule has 0 aliphatic carbocycles. The van der Waals surface area contributed by atoms with Crippen molar-refractivity contribution in [1.82, 2.24) is 0 Å². The van der Waals surface area contributed by atoms with Gasteiger partial charge in [-0.3, -0.25) is 0 Å². The largest absolute Gasteiger partial charge is 0.419 e. The predicted molar refractivity (Wildman–Crippen MR) is 77.9 cm³/mol. The third kappa shape index (κ3) is 2.93. The van der Waals surface area contributed by atoms with Crippen molar-refractivity contribution in [2.45, 2.75) is 4.21 Å². The van der Waals surface area contributed by atoms with Crippen LogP contribution in [0.5, 0.6) is 5.75 Å². The van der Waals surface area contributed by atoms with Gasteiger partial charge in [0.05, 0.1) is 5.69 Å². The molecule has 0 radical (unpaired) electrons. The van der Waals surface area contributed by atoms with Gasteiger partial charge in [-0.25, -0.2) is 17.6 Å². The number of halogens is 1. The lowest BCUT2D eigenvalue weighted by Gasteiger charge is -2.04. The topological polar surface area (TPSA) is 110 Å². The molecule has 2 aromatic rings. The lowest BCUT2D eigenvalue weighted by atomic mass is 10.2. The molecule has 0 amide bonds. The third-order valence-corrected chi connectivity index (χ3v) is 5.60. The number of esters is 1. The second-order valence-electron chi connectivity index (χ2n) is 4.21. The number of nitrogens with two attached hydrogens (primary N) is 1. The number of anilines is 1. The molecule has 0 aliphatic rings. The molecule has 6 nitrogen and oxygen atoms in total. The van der Waals surface area contributed by atoms with Crippen molar-refractivity contribution in [3.8, 4) is 11.8 Å². The number of carbonyl (C=O) groups is 1. The number of hydrogen-bond donors (Lipinski definition) is 1. The van der Waals surface area contributed by atoms with Crippen LogP contribution in [0.4, 0.5) is 10.1 Å². The summed E-state index contributed by atoms with van der Waals surface area (Å²) in [6.45, 7) is 0. The number of para-hydroxylation sites is 1. The number of rotatable bonds is 3. The molecule has 1 aromatic carbocycles. The van der Waals surface area contributed by atoms with Gasteiger partial charge >= 0.3 is 5.97 Å². The van der Waals surface area contributed by atoms with Crippen LogP contribution >= 0.6 is 11.3 Å². The van der Waals surface area contributed by atoms with E-state index < -0.39 is 21.6 Å². The first-order chi connectivity index (χ1) is 10.3. The summed E-state index contributed by atoms with van der Waals surface area (Å²) >= 11 is 0.518.